The normalized spacial score (nSPS) is 10.6. The largest absolute Gasteiger partial charge is 0.317 e. The second-order valence-corrected chi connectivity index (χ2v) is 4.86. The number of pyridine rings is 1. The number of carbonyl (C=O) groups excluding carboxylic acids is 1. The summed E-state index contributed by atoms with van der Waals surface area (Å²) in [7, 11) is 0. The Morgan fingerprint density at radius 1 is 1.20 bits per heavy atom. The zero-order valence-corrected chi connectivity index (χ0v) is 11.2. The lowest BCUT2D eigenvalue weighted by Gasteiger charge is -2.07. The minimum Gasteiger partial charge on any atom is -0.317 e. The van der Waals surface area contributed by atoms with Crippen molar-refractivity contribution in [3.05, 3.63) is 59.9 Å². The van der Waals surface area contributed by atoms with Crippen molar-refractivity contribution in [1.29, 1.82) is 0 Å². The Labute approximate surface area is 119 Å². The quantitative estimate of drug-likeness (QED) is 0.903. The molecule has 0 spiro atoms. The lowest BCUT2D eigenvalue weighted by molar-refractivity contribution is 0.145. The zero-order valence-electron chi connectivity index (χ0n) is 10.4. The van der Waals surface area contributed by atoms with E-state index in [1.807, 2.05) is 6.07 Å². The fourth-order valence-corrected chi connectivity index (χ4v) is 2.31. The van der Waals surface area contributed by atoms with E-state index in [1.165, 1.54) is 6.20 Å². The molecule has 0 bridgehead atoms. The van der Waals surface area contributed by atoms with Gasteiger partial charge in [0.05, 0.1) is 0 Å². The molecule has 0 aliphatic rings. The summed E-state index contributed by atoms with van der Waals surface area (Å²) in [5.41, 5.74) is 0.772. The Kier molecular flexibility index (Phi) is 5.06. The molecule has 1 aromatic carbocycles. The van der Waals surface area contributed by atoms with Gasteiger partial charge in [-0.05, 0) is 23.8 Å². The lowest BCUT2D eigenvalue weighted by Crippen LogP contribution is -2.06. The highest BCUT2D eigenvalue weighted by Crippen LogP contribution is 2.24. The third-order valence-electron chi connectivity index (χ3n) is 2.51. The number of carbonyl (C=O) groups is 1. The van der Waals surface area contributed by atoms with E-state index >= 15 is 0 Å². The van der Waals surface area contributed by atoms with Crippen molar-refractivity contribution >= 4 is 22.7 Å². The van der Waals surface area contributed by atoms with Crippen LogP contribution < -0.4 is 5.32 Å². The first-order valence-electron chi connectivity index (χ1n) is 5.87. The first-order valence-corrected chi connectivity index (χ1v) is 6.86. The highest BCUT2D eigenvalue weighted by atomic mass is 32.2. The fourth-order valence-electron chi connectivity index (χ4n) is 1.59. The van der Waals surface area contributed by atoms with Crippen LogP contribution in [0.2, 0.25) is 0 Å². The number of thioether (sulfide) groups is 1. The van der Waals surface area contributed by atoms with E-state index in [9.17, 15) is 13.6 Å². The average molecular weight is 294 g/mol. The molecule has 1 N–H and O–H groups in total. The molecule has 0 aliphatic heterocycles. The van der Waals surface area contributed by atoms with Gasteiger partial charge in [-0.2, -0.15) is 0 Å². The van der Waals surface area contributed by atoms with Crippen molar-refractivity contribution < 1.29 is 13.6 Å². The Balaban J connectivity index is 1.94. The average Bonchev–Trinajstić information content (AvgIpc) is 2.46. The summed E-state index contributed by atoms with van der Waals surface area (Å²) < 4.78 is 25.5. The van der Waals surface area contributed by atoms with E-state index in [0.717, 1.165) is 11.8 Å². The number of halogens is 2. The molecule has 6 heteroatoms. The number of aromatic nitrogens is 1. The number of alkyl halides is 2. The number of rotatable bonds is 4. The van der Waals surface area contributed by atoms with Gasteiger partial charge < -0.3 is 5.32 Å². The summed E-state index contributed by atoms with van der Waals surface area (Å²) in [6.07, 6.45) is -1.32. The number of nitrogens with zero attached hydrogens (tertiary/aromatic N) is 1. The standard InChI is InChI=1S/C14H12F2N2OS/c15-13(16)12-10(5-4-8-17-12)9-20-14(19)18-11-6-2-1-3-7-11/h1-8,13H,9H2,(H,18,19). The summed E-state index contributed by atoms with van der Waals surface area (Å²) in [6.45, 7) is 0. The van der Waals surface area contributed by atoms with Crippen LogP contribution in [0, 0.1) is 0 Å². The van der Waals surface area contributed by atoms with Gasteiger partial charge in [0.1, 0.15) is 5.69 Å². The monoisotopic (exact) mass is 294 g/mol. The molecule has 104 valence electrons. The minimum atomic E-state index is -2.64. The minimum absolute atomic E-state index is 0.159. The summed E-state index contributed by atoms with van der Waals surface area (Å²) in [4.78, 5) is 15.4. The van der Waals surface area contributed by atoms with Crippen molar-refractivity contribution in [3.63, 3.8) is 0 Å². The van der Waals surface area contributed by atoms with Crippen molar-refractivity contribution in [2.75, 3.05) is 5.32 Å². The van der Waals surface area contributed by atoms with Crippen LogP contribution in [0.25, 0.3) is 0 Å². The van der Waals surface area contributed by atoms with Gasteiger partial charge >= 0.3 is 0 Å². The van der Waals surface area contributed by atoms with Crippen molar-refractivity contribution in [3.8, 4) is 0 Å². The first kappa shape index (κ1) is 14.5. The molecule has 0 saturated carbocycles. The van der Waals surface area contributed by atoms with E-state index in [2.05, 4.69) is 10.3 Å². The van der Waals surface area contributed by atoms with Gasteiger partial charge in [-0.15, -0.1) is 0 Å². The molecule has 3 nitrogen and oxygen atoms in total. The lowest BCUT2D eigenvalue weighted by atomic mass is 10.2. The SMILES string of the molecule is O=C(Nc1ccccc1)SCc1cccnc1C(F)F. The summed E-state index contributed by atoms with van der Waals surface area (Å²) in [5.74, 6) is 0.159. The molecular weight excluding hydrogens is 282 g/mol. The maximum Gasteiger partial charge on any atom is 0.283 e. The molecule has 2 aromatic rings. The van der Waals surface area contributed by atoms with Gasteiger partial charge in [0, 0.05) is 17.6 Å². The van der Waals surface area contributed by atoms with Gasteiger partial charge in [0.25, 0.3) is 11.7 Å². The van der Waals surface area contributed by atoms with Crippen LogP contribution in [0.4, 0.5) is 19.3 Å². The Morgan fingerprint density at radius 3 is 2.65 bits per heavy atom. The number of hydrogen-bond donors (Lipinski definition) is 1. The predicted octanol–water partition coefficient (Wildman–Crippen LogP) is 4.48. The molecule has 0 saturated heterocycles. The molecule has 0 aliphatic carbocycles. The summed E-state index contributed by atoms with van der Waals surface area (Å²) >= 11 is 0.933. The molecular formula is C14H12F2N2OS. The topological polar surface area (TPSA) is 42.0 Å². The highest BCUT2D eigenvalue weighted by molar-refractivity contribution is 8.13. The molecule has 20 heavy (non-hydrogen) atoms. The highest BCUT2D eigenvalue weighted by Gasteiger charge is 2.15. The summed E-state index contributed by atoms with van der Waals surface area (Å²) in [5, 5.41) is 2.39. The molecule has 0 fully saturated rings. The van der Waals surface area contributed by atoms with Gasteiger partial charge in [-0.1, -0.05) is 36.0 Å². The number of anilines is 1. The molecule has 2 rings (SSSR count). The van der Waals surface area contributed by atoms with Crippen molar-refractivity contribution in [2.45, 2.75) is 12.2 Å². The van der Waals surface area contributed by atoms with Gasteiger partial charge in [-0.3, -0.25) is 9.78 Å². The number of para-hydroxylation sites is 1. The smallest absolute Gasteiger partial charge is 0.283 e. The van der Waals surface area contributed by atoms with Crippen LogP contribution in [-0.2, 0) is 5.75 Å². The van der Waals surface area contributed by atoms with Gasteiger partial charge in [0.15, 0.2) is 0 Å². The first-order chi connectivity index (χ1) is 9.66. The van der Waals surface area contributed by atoms with E-state index < -0.39 is 6.43 Å². The molecule has 1 amide bonds. The van der Waals surface area contributed by atoms with Crippen molar-refractivity contribution in [1.82, 2.24) is 4.98 Å². The molecule has 0 atom stereocenters. The summed E-state index contributed by atoms with van der Waals surface area (Å²) in [6, 6.07) is 12.1. The molecule has 0 radical (unpaired) electrons. The van der Waals surface area contributed by atoms with Gasteiger partial charge in [-0.25, -0.2) is 8.78 Å². The van der Waals surface area contributed by atoms with Crippen molar-refractivity contribution in [2.24, 2.45) is 0 Å². The van der Waals surface area contributed by atoms with E-state index in [1.54, 1.807) is 36.4 Å². The van der Waals surface area contributed by atoms with E-state index in [-0.39, 0.29) is 16.7 Å². The predicted molar refractivity (Wildman–Crippen MR) is 75.9 cm³/mol. The zero-order chi connectivity index (χ0) is 14.4. The number of benzene rings is 1. The number of nitrogens with one attached hydrogen (secondary N) is 1. The second kappa shape index (κ2) is 7.00. The Morgan fingerprint density at radius 2 is 1.95 bits per heavy atom. The van der Waals surface area contributed by atoms with Crippen LogP contribution in [-0.4, -0.2) is 10.2 Å². The van der Waals surface area contributed by atoms with Gasteiger partial charge in [0.2, 0.25) is 0 Å². The van der Waals surface area contributed by atoms with Crippen LogP contribution in [0.15, 0.2) is 48.7 Å². The van der Waals surface area contributed by atoms with Crippen LogP contribution in [0.5, 0.6) is 0 Å². The third kappa shape index (κ3) is 4.03. The number of amides is 1. The Hall–Kier alpha value is -1.95. The molecule has 0 unspecified atom stereocenters. The maximum absolute atomic E-state index is 12.7. The molecule has 1 heterocycles. The Bertz CT molecular complexity index is 578. The van der Waals surface area contributed by atoms with Crippen LogP contribution >= 0.6 is 11.8 Å². The molecule has 1 aromatic heterocycles. The third-order valence-corrected chi connectivity index (χ3v) is 3.33. The van der Waals surface area contributed by atoms with E-state index in [0.29, 0.717) is 11.3 Å². The van der Waals surface area contributed by atoms with Crippen LogP contribution in [0.3, 0.4) is 0 Å². The van der Waals surface area contributed by atoms with Crippen LogP contribution in [0.1, 0.15) is 17.7 Å². The second-order valence-electron chi connectivity index (χ2n) is 3.92. The number of hydrogen-bond acceptors (Lipinski definition) is 3. The fraction of sp³-hybridized carbons (Fsp3) is 0.143. The maximum atomic E-state index is 12.7. The van der Waals surface area contributed by atoms with E-state index in [4.69, 9.17) is 0 Å².